The third kappa shape index (κ3) is 31.3. The van der Waals surface area contributed by atoms with Crippen molar-refractivity contribution in [3.63, 3.8) is 0 Å². The summed E-state index contributed by atoms with van der Waals surface area (Å²) < 4.78 is 10.1. The van der Waals surface area contributed by atoms with Crippen LogP contribution in [-0.4, -0.2) is 44.1 Å². The van der Waals surface area contributed by atoms with Crippen LogP contribution in [0.2, 0.25) is 0 Å². The van der Waals surface area contributed by atoms with Crippen molar-refractivity contribution < 1.29 is 34.2 Å². The maximum Gasteiger partial charge on any atom is 0.328 e. The second-order valence-electron chi connectivity index (χ2n) is 8.21. The minimum Gasteiger partial charge on any atom is -0.481 e. The van der Waals surface area contributed by atoms with Gasteiger partial charge < -0.3 is 25.7 Å². The standard InChI is InChI=1S/C19H38O2.C3H8NO5P/c1-2-3-4-5-6-7-8-9-10-11-12-13-14-15-16-17-18-19(20)21;4-3(6)2(5)1-10(7,8)9/h2-18H2,1H3,(H,20,21);2,5H,1H2,(H2,4,6)(H2,7,8,9). The van der Waals surface area contributed by atoms with Crippen LogP contribution in [0.4, 0.5) is 0 Å². The van der Waals surface area contributed by atoms with Gasteiger partial charge in [-0.05, 0) is 6.42 Å². The summed E-state index contributed by atoms with van der Waals surface area (Å²) in [5.41, 5.74) is 4.51. The van der Waals surface area contributed by atoms with E-state index in [1.165, 1.54) is 89.9 Å². The maximum absolute atomic E-state index is 10.3. The van der Waals surface area contributed by atoms with Crippen LogP contribution in [0.5, 0.6) is 0 Å². The zero-order chi connectivity index (χ0) is 24.0. The second-order valence-corrected chi connectivity index (χ2v) is 9.91. The van der Waals surface area contributed by atoms with Gasteiger partial charge in [0.15, 0.2) is 0 Å². The molecule has 6 N–H and O–H groups in total. The van der Waals surface area contributed by atoms with Crippen LogP contribution < -0.4 is 5.73 Å². The molecule has 0 fully saturated rings. The zero-order valence-corrected chi connectivity index (χ0v) is 20.2. The maximum atomic E-state index is 10.3. The first kappa shape index (κ1) is 32.2. The highest BCUT2D eigenvalue weighted by Crippen LogP contribution is 2.34. The van der Waals surface area contributed by atoms with Crippen LogP contribution in [0.3, 0.4) is 0 Å². The molecule has 0 bridgehead atoms. The molecule has 0 rings (SSSR count). The number of amides is 1. The molecule has 0 aliphatic carbocycles. The van der Waals surface area contributed by atoms with Gasteiger partial charge in [-0.25, -0.2) is 0 Å². The molecule has 0 aromatic rings. The number of hydrogen-bond acceptors (Lipinski definition) is 4. The van der Waals surface area contributed by atoms with E-state index in [4.69, 9.17) is 20.0 Å². The Morgan fingerprint density at radius 3 is 1.29 bits per heavy atom. The minimum absolute atomic E-state index is 0.346. The van der Waals surface area contributed by atoms with Gasteiger partial charge in [0.1, 0.15) is 6.10 Å². The molecule has 0 aromatic heterocycles. The topological polar surface area (TPSA) is 158 Å². The number of carboxylic acids is 1. The molecular formula is C22H46NO7P. The molecule has 0 aromatic carbocycles. The highest BCUT2D eigenvalue weighted by atomic mass is 31.2. The van der Waals surface area contributed by atoms with E-state index in [0.717, 1.165) is 12.8 Å². The zero-order valence-electron chi connectivity index (χ0n) is 19.3. The van der Waals surface area contributed by atoms with Crippen molar-refractivity contribution in [2.24, 2.45) is 5.73 Å². The summed E-state index contributed by atoms with van der Waals surface area (Å²) in [6.07, 6.45) is 19.0. The van der Waals surface area contributed by atoms with E-state index < -0.39 is 31.7 Å². The Balaban J connectivity index is 0. The fraction of sp³-hybridized carbons (Fsp3) is 0.909. The van der Waals surface area contributed by atoms with Crippen molar-refractivity contribution in [1.29, 1.82) is 0 Å². The van der Waals surface area contributed by atoms with Gasteiger partial charge >= 0.3 is 13.6 Å². The number of carbonyl (C=O) groups excluding carboxylic acids is 1. The lowest BCUT2D eigenvalue weighted by atomic mass is 10.0. The van der Waals surface area contributed by atoms with Crippen molar-refractivity contribution in [2.45, 2.75) is 122 Å². The Morgan fingerprint density at radius 1 is 0.742 bits per heavy atom. The van der Waals surface area contributed by atoms with Crippen molar-refractivity contribution in [2.75, 3.05) is 6.16 Å². The summed E-state index contributed by atoms with van der Waals surface area (Å²) >= 11 is 0. The van der Waals surface area contributed by atoms with E-state index in [0.29, 0.717) is 6.42 Å². The summed E-state index contributed by atoms with van der Waals surface area (Å²) in [5.74, 6) is -1.79. The lowest BCUT2D eigenvalue weighted by Gasteiger charge is -2.06. The lowest BCUT2D eigenvalue weighted by molar-refractivity contribution is -0.137. The smallest absolute Gasteiger partial charge is 0.328 e. The third-order valence-corrected chi connectivity index (χ3v) is 5.80. The Labute approximate surface area is 188 Å². The van der Waals surface area contributed by atoms with Crippen LogP contribution in [0.15, 0.2) is 0 Å². The van der Waals surface area contributed by atoms with Crippen molar-refractivity contribution in [3.8, 4) is 0 Å². The fourth-order valence-electron chi connectivity index (χ4n) is 3.14. The average molecular weight is 468 g/mol. The monoisotopic (exact) mass is 467 g/mol. The molecule has 31 heavy (non-hydrogen) atoms. The SMILES string of the molecule is CCCCCCCCCCCCCCCCCCC(=O)O.NC(=O)C(O)CP(=O)(O)O. The van der Waals surface area contributed by atoms with Gasteiger partial charge in [0.2, 0.25) is 5.91 Å². The van der Waals surface area contributed by atoms with Crippen LogP contribution in [0.1, 0.15) is 116 Å². The molecule has 9 heteroatoms. The van der Waals surface area contributed by atoms with Crippen molar-refractivity contribution in [1.82, 2.24) is 0 Å². The first-order valence-electron chi connectivity index (χ1n) is 11.8. The van der Waals surface area contributed by atoms with E-state index in [2.05, 4.69) is 12.7 Å². The largest absolute Gasteiger partial charge is 0.481 e. The number of aliphatic hydroxyl groups is 1. The molecule has 1 amide bonds. The van der Waals surface area contributed by atoms with Gasteiger partial charge in [-0.1, -0.05) is 103 Å². The molecule has 0 saturated carbocycles. The normalized spacial score (nSPS) is 12.1. The van der Waals surface area contributed by atoms with Gasteiger partial charge in [0.25, 0.3) is 0 Å². The first-order valence-corrected chi connectivity index (χ1v) is 13.6. The molecule has 0 saturated heterocycles. The predicted molar refractivity (Wildman–Crippen MR) is 124 cm³/mol. The highest BCUT2D eigenvalue weighted by Gasteiger charge is 2.23. The molecule has 0 aliphatic heterocycles. The third-order valence-electron chi connectivity index (χ3n) is 4.98. The molecule has 1 unspecified atom stereocenters. The molecule has 1 atom stereocenters. The Kier molecular flexibility index (Phi) is 23.1. The molecule has 186 valence electrons. The van der Waals surface area contributed by atoms with Gasteiger partial charge in [-0.3, -0.25) is 14.2 Å². The summed E-state index contributed by atoms with van der Waals surface area (Å²) in [6.45, 7) is 2.27. The summed E-state index contributed by atoms with van der Waals surface area (Å²) in [4.78, 5) is 36.7. The fourth-order valence-corrected chi connectivity index (χ4v) is 3.77. The summed E-state index contributed by atoms with van der Waals surface area (Å²) in [7, 11) is -4.33. The Hall–Kier alpha value is -0.950. The lowest BCUT2D eigenvalue weighted by Crippen LogP contribution is -2.31. The number of aliphatic carboxylic acids is 1. The van der Waals surface area contributed by atoms with E-state index in [9.17, 15) is 14.2 Å². The molecular weight excluding hydrogens is 421 g/mol. The minimum atomic E-state index is -4.33. The van der Waals surface area contributed by atoms with Crippen molar-refractivity contribution in [3.05, 3.63) is 0 Å². The van der Waals surface area contributed by atoms with Crippen LogP contribution in [0.25, 0.3) is 0 Å². The summed E-state index contributed by atoms with van der Waals surface area (Å²) in [6, 6.07) is 0. The van der Waals surface area contributed by atoms with Gasteiger partial charge in [-0.2, -0.15) is 0 Å². The number of aliphatic hydroxyl groups excluding tert-OH is 1. The highest BCUT2D eigenvalue weighted by molar-refractivity contribution is 7.51. The van der Waals surface area contributed by atoms with E-state index in [1.807, 2.05) is 0 Å². The van der Waals surface area contributed by atoms with Crippen LogP contribution in [-0.2, 0) is 14.2 Å². The molecule has 0 radical (unpaired) electrons. The van der Waals surface area contributed by atoms with E-state index >= 15 is 0 Å². The first-order chi connectivity index (χ1) is 14.6. The quantitative estimate of drug-likeness (QED) is 0.128. The van der Waals surface area contributed by atoms with E-state index in [-0.39, 0.29) is 0 Å². The second kappa shape index (κ2) is 22.3. The Morgan fingerprint density at radius 2 is 1.06 bits per heavy atom. The number of rotatable bonds is 20. The molecule has 8 nitrogen and oxygen atoms in total. The number of primary amides is 1. The van der Waals surface area contributed by atoms with Gasteiger partial charge in [0.05, 0.1) is 6.16 Å². The van der Waals surface area contributed by atoms with E-state index in [1.54, 1.807) is 0 Å². The Bertz CT molecular complexity index is 482. The number of carbonyl (C=O) groups is 2. The van der Waals surface area contributed by atoms with Crippen LogP contribution in [0, 0.1) is 0 Å². The average Bonchev–Trinajstić information content (AvgIpc) is 2.66. The van der Waals surface area contributed by atoms with Gasteiger partial charge in [-0.15, -0.1) is 0 Å². The molecule has 0 heterocycles. The van der Waals surface area contributed by atoms with Gasteiger partial charge in [0, 0.05) is 6.42 Å². The van der Waals surface area contributed by atoms with Crippen molar-refractivity contribution >= 4 is 19.5 Å². The predicted octanol–water partition coefficient (Wildman–Crippen LogP) is 4.73. The molecule has 0 spiro atoms. The summed E-state index contributed by atoms with van der Waals surface area (Å²) in [5, 5.41) is 17.0. The number of unbranched alkanes of at least 4 members (excludes halogenated alkanes) is 15. The van der Waals surface area contributed by atoms with Crippen LogP contribution >= 0.6 is 7.60 Å². The molecule has 0 aliphatic rings. The number of hydrogen-bond donors (Lipinski definition) is 5. The number of nitrogens with two attached hydrogens (primary N) is 1. The number of carboxylic acid groups (broad SMARTS) is 1.